The molecule has 2 fully saturated rings. The molecule has 1 unspecified atom stereocenters. The number of likely N-dealkylation sites (tertiary alicyclic amines) is 1. The summed E-state index contributed by atoms with van der Waals surface area (Å²) in [6, 6.07) is 9.32. The van der Waals surface area contributed by atoms with E-state index in [9.17, 15) is 29.2 Å². The zero-order valence-corrected chi connectivity index (χ0v) is 36.4. The summed E-state index contributed by atoms with van der Waals surface area (Å²) in [5.74, 6) is -2.04. The highest BCUT2D eigenvalue weighted by Gasteiger charge is 2.43. The van der Waals surface area contributed by atoms with E-state index in [1.807, 2.05) is 64.1 Å². The fraction of sp³-hybridized carbons (Fsp3) is 0.721. The molecule has 324 valence electrons. The zero-order chi connectivity index (χ0) is 42.9. The van der Waals surface area contributed by atoms with E-state index < -0.39 is 36.3 Å². The summed E-state index contributed by atoms with van der Waals surface area (Å²) < 4.78 is 12.0. The second kappa shape index (κ2) is 24.1. The van der Waals surface area contributed by atoms with Crippen LogP contribution in [0.2, 0.25) is 0 Å². The Morgan fingerprint density at radius 2 is 1.66 bits per heavy atom. The lowest BCUT2D eigenvalue weighted by molar-refractivity contribution is -0.146. The van der Waals surface area contributed by atoms with E-state index in [0.29, 0.717) is 19.5 Å². The quantitative estimate of drug-likeness (QED) is 0.147. The first-order valence-corrected chi connectivity index (χ1v) is 21.1. The second-order valence-electron chi connectivity index (χ2n) is 16.1. The highest BCUT2D eigenvalue weighted by Crippen LogP contribution is 2.29. The molecule has 2 saturated heterocycles. The molecule has 3 rings (SSSR count). The minimum absolute atomic E-state index is 0.000807. The van der Waals surface area contributed by atoms with E-state index in [0.717, 1.165) is 44.6 Å². The average molecular weight is 811 g/mol. The number of nitrogens with one attached hydrogen (secondary N) is 3. The van der Waals surface area contributed by atoms with Crippen LogP contribution in [0.3, 0.4) is 0 Å². The Labute approximate surface area is 346 Å². The van der Waals surface area contributed by atoms with E-state index in [-0.39, 0.29) is 73.3 Å². The molecule has 5 amide bonds. The van der Waals surface area contributed by atoms with Crippen molar-refractivity contribution in [2.24, 2.45) is 17.8 Å². The average Bonchev–Trinajstić information content (AvgIpc) is 3.71. The molecule has 0 radical (unpaired) electrons. The van der Waals surface area contributed by atoms with E-state index in [2.05, 4.69) is 20.9 Å². The Morgan fingerprint density at radius 1 is 0.983 bits per heavy atom. The number of nitriles is 1. The first-order chi connectivity index (χ1) is 27.7. The van der Waals surface area contributed by atoms with Gasteiger partial charge < -0.3 is 40.1 Å². The number of carbonyl (C=O) groups is 5. The summed E-state index contributed by atoms with van der Waals surface area (Å²) in [7, 11) is 4.77. The Morgan fingerprint density at radius 3 is 2.22 bits per heavy atom. The van der Waals surface area contributed by atoms with Crippen LogP contribution in [0.15, 0.2) is 30.3 Å². The van der Waals surface area contributed by atoms with Crippen LogP contribution in [0.1, 0.15) is 72.8 Å². The molecule has 8 atom stereocenters. The molecule has 2 heterocycles. The summed E-state index contributed by atoms with van der Waals surface area (Å²) >= 11 is 0. The van der Waals surface area contributed by atoms with Crippen molar-refractivity contribution in [2.75, 3.05) is 73.6 Å². The molecule has 0 aromatic heterocycles. The highest BCUT2D eigenvalue weighted by atomic mass is 16.5. The number of benzene rings is 1. The highest BCUT2D eigenvalue weighted by molar-refractivity contribution is 5.89. The van der Waals surface area contributed by atoms with Crippen molar-refractivity contribution in [3.05, 3.63) is 35.9 Å². The Bertz CT molecular complexity index is 1520. The molecule has 0 bridgehead atoms. The molecule has 0 saturated carbocycles. The minimum Gasteiger partial charge on any atom is -0.379 e. The van der Waals surface area contributed by atoms with E-state index in [4.69, 9.17) is 9.47 Å². The van der Waals surface area contributed by atoms with Gasteiger partial charge in [0.1, 0.15) is 12.6 Å². The first-order valence-electron chi connectivity index (χ1n) is 21.1. The van der Waals surface area contributed by atoms with Gasteiger partial charge in [-0.1, -0.05) is 71.4 Å². The van der Waals surface area contributed by atoms with Crippen molar-refractivity contribution in [1.82, 2.24) is 35.6 Å². The molecule has 15 nitrogen and oxygen atoms in total. The Kier molecular flexibility index (Phi) is 20.1. The van der Waals surface area contributed by atoms with Crippen molar-refractivity contribution < 1.29 is 33.4 Å². The van der Waals surface area contributed by atoms with Gasteiger partial charge in [0.25, 0.3) is 0 Å². The lowest BCUT2D eigenvalue weighted by atomic mass is 9.90. The smallest absolute Gasteiger partial charge is 0.246 e. The van der Waals surface area contributed by atoms with Gasteiger partial charge in [0.15, 0.2) is 0 Å². The molecule has 2 aliphatic heterocycles. The van der Waals surface area contributed by atoms with Crippen molar-refractivity contribution in [1.29, 1.82) is 5.26 Å². The molecule has 0 spiro atoms. The fourth-order valence-corrected chi connectivity index (χ4v) is 8.57. The van der Waals surface area contributed by atoms with Gasteiger partial charge in [0.05, 0.1) is 55.3 Å². The Balaban J connectivity index is 1.73. The Hall–Kier alpha value is -4.10. The normalized spacial score (nSPS) is 19.5. The predicted molar refractivity (Wildman–Crippen MR) is 222 cm³/mol. The largest absolute Gasteiger partial charge is 0.379 e. The fourth-order valence-electron chi connectivity index (χ4n) is 8.57. The third kappa shape index (κ3) is 12.9. The van der Waals surface area contributed by atoms with Gasteiger partial charge in [0, 0.05) is 67.0 Å². The van der Waals surface area contributed by atoms with Crippen LogP contribution >= 0.6 is 0 Å². The van der Waals surface area contributed by atoms with Gasteiger partial charge in [-0.2, -0.15) is 5.26 Å². The lowest BCUT2D eigenvalue weighted by Crippen LogP contribution is -2.57. The molecular formula is C43H70N8O7. The summed E-state index contributed by atoms with van der Waals surface area (Å²) in [5, 5.41) is 18.5. The number of ether oxygens (including phenoxy) is 2. The minimum atomic E-state index is -0.902. The van der Waals surface area contributed by atoms with Crippen LogP contribution in [-0.2, 0) is 39.9 Å². The van der Waals surface area contributed by atoms with Gasteiger partial charge in [-0.25, -0.2) is 0 Å². The third-order valence-corrected chi connectivity index (χ3v) is 12.0. The van der Waals surface area contributed by atoms with Crippen LogP contribution < -0.4 is 16.0 Å². The maximum atomic E-state index is 14.2. The second-order valence-corrected chi connectivity index (χ2v) is 16.1. The molecule has 15 heteroatoms. The van der Waals surface area contributed by atoms with Gasteiger partial charge in [-0.15, -0.1) is 0 Å². The van der Waals surface area contributed by atoms with Gasteiger partial charge in [0.2, 0.25) is 29.5 Å². The molecule has 1 aromatic rings. The summed E-state index contributed by atoms with van der Waals surface area (Å²) in [4.78, 5) is 75.8. The van der Waals surface area contributed by atoms with Gasteiger partial charge in [-0.3, -0.25) is 28.9 Å². The predicted octanol–water partition coefficient (Wildman–Crippen LogP) is 2.05. The summed E-state index contributed by atoms with van der Waals surface area (Å²) in [6.07, 6.45) is 1.01. The number of amides is 5. The molecule has 0 aliphatic carbocycles. The number of carbonyl (C=O) groups excluding carboxylic acids is 5. The monoisotopic (exact) mass is 811 g/mol. The van der Waals surface area contributed by atoms with Crippen LogP contribution in [0.4, 0.5) is 0 Å². The summed E-state index contributed by atoms with van der Waals surface area (Å²) in [6.45, 7) is 15.3. The maximum absolute atomic E-state index is 14.2. The number of methoxy groups -OCH3 is 2. The van der Waals surface area contributed by atoms with Crippen molar-refractivity contribution in [2.45, 2.75) is 110 Å². The number of piperazine rings is 1. The number of nitrogens with zero attached hydrogens (tertiary/aromatic N) is 5. The molecule has 1 aromatic carbocycles. The van der Waals surface area contributed by atoms with Crippen LogP contribution in [0.5, 0.6) is 0 Å². The van der Waals surface area contributed by atoms with Gasteiger partial charge >= 0.3 is 0 Å². The van der Waals surface area contributed by atoms with Crippen molar-refractivity contribution in [3.63, 3.8) is 0 Å². The van der Waals surface area contributed by atoms with E-state index >= 15 is 0 Å². The van der Waals surface area contributed by atoms with Crippen molar-refractivity contribution in [3.8, 4) is 6.07 Å². The van der Waals surface area contributed by atoms with Gasteiger partial charge in [-0.05, 0) is 37.2 Å². The zero-order valence-electron chi connectivity index (χ0n) is 36.4. The number of rotatable bonds is 22. The van der Waals surface area contributed by atoms with Crippen LogP contribution in [0.25, 0.3) is 0 Å². The number of hydrogen-bond acceptors (Lipinski definition) is 10. The van der Waals surface area contributed by atoms with Crippen molar-refractivity contribution >= 4 is 29.5 Å². The molecule has 2 aliphatic rings. The van der Waals surface area contributed by atoms with Crippen LogP contribution in [-0.4, -0.2) is 159 Å². The first kappa shape index (κ1) is 48.3. The third-order valence-electron chi connectivity index (χ3n) is 12.0. The van der Waals surface area contributed by atoms with E-state index in [1.54, 1.807) is 37.8 Å². The standard InChI is InChI=1S/C43H70N8O7/c1-10-30(5)39(48(7)37(53)28-46-42(55)38(29(3)4)50-24-20-45-21-25-50)35(57-8)27-36(52)51-22-15-18-34(51)40(58-9)31(6)41(54)47-33(26-32-16-13-12-14-17-32)43(56)49(11-2)23-19-44/h12-14,16-17,29-31,33-35,38-40,45H,10-11,15,18,20-28H2,1-9H3,(H,46,55)(H,47,54)/t30-,31+,33-,34-,35?,38-,39-,40+/m0/s1. The van der Waals surface area contributed by atoms with E-state index in [1.165, 1.54) is 12.0 Å². The maximum Gasteiger partial charge on any atom is 0.246 e. The lowest BCUT2D eigenvalue weighted by Gasteiger charge is -2.39. The molecule has 58 heavy (non-hydrogen) atoms. The SMILES string of the molecule is CC[C@H](C)[C@@H](C(CC(=O)N1CCC[C@H]1[C@H](OC)[C@@H](C)C(=O)N[C@@H](Cc1ccccc1)C(=O)N(CC)CC#N)OC)N(C)C(=O)CNC(=O)[C@H](C(C)C)N1CCNCC1. The molecule has 3 N–H and O–H groups in total. The number of hydrogen-bond donors (Lipinski definition) is 3. The summed E-state index contributed by atoms with van der Waals surface area (Å²) in [5.41, 5.74) is 0.865. The topological polar surface area (TPSA) is 177 Å². The molecular weight excluding hydrogens is 741 g/mol. The number of likely N-dealkylation sites (N-methyl/N-ethyl adjacent to an activating group) is 2. The van der Waals surface area contributed by atoms with Crippen LogP contribution in [0, 0.1) is 29.1 Å².